The van der Waals surface area contributed by atoms with E-state index in [1.54, 1.807) is 50.3 Å². The van der Waals surface area contributed by atoms with Crippen molar-refractivity contribution in [3.63, 3.8) is 0 Å². The molecule has 1 heterocycles. The quantitative estimate of drug-likeness (QED) is 0.469. The number of halogens is 3. The fraction of sp³-hybridized carbons (Fsp3) is 0.529. The monoisotopic (exact) mass is 466 g/mol. The van der Waals surface area contributed by atoms with Crippen molar-refractivity contribution in [2.45, 2.75) is 39.3 Å². The highest BCUT2D eigenvalue weighted by atomic mass is 127. The number of nitrogens with zero attached hydrogens (tertiary/aromatic N) is 2. The Kier molecular flexibility index (Phi) is 5.90. The van der Waals surface area contributed by atoms with Gasteiger partial charge in [-0.1, -0.05) is 0 Å². The Morgan fingerprint density at radius 3 is 2.40 bits per heavy atom. The smallest absolute Gasteiger partial charge is 0.410 e. The van der Waals surface area contributed by atoms with Gasteiger partial charge in [-0.05, 0) is 56.4 Å². The number of hydrogen-bond donors (Lipinski definition) is 0. The van der Waals surface area contributed by atoms with Gasteiger partial charge in [-0.2, -0.15) is 0 Å². The second-order valence-corrected chi connectivity index (χ2v) is 8.18. The summed E-state index contributed by atoms with van der Waals surface area (Å²) in [5, 5.41) is 0. The van der Waals surface area contributed by atoms with Crippen molar-refractivity contribution in [1.82, 2.24) is 9.80 Å². The lowest BCUT2D eigenvalue weighted by molar-refractivity contribution is 0.00606. The van der Waals surface area contributed by atoms with Gasteiger partial charge in [-0.15, -0.1) is 0 Å². The van der Waals surface area contributed by atoms with E-state index in [-0.39, 0.29) is 21.7 Å². The van der Waals surface area contributed by atoms with Crippen LogP contribution in [0, 0.1) is 15.2 Å². The average Bonchev–Trinajstić information content (AvgIpc) is 2.48. The molecular weight excluding hydrogens is 445 g/mol. The Hall–Kier alpha value is -1.45. The number of amides is 2. The predicted molar refractivity (Wildman–Crippen MR) is 97.4 cm³/mol. The molecule has 1 aliphatic rings. The van der Waals surface area contributed by atoms with E-state index >= 15 is 0 Å². The molecule has 0 spiro atoms. The second kappa shape index (κ2) is 7.43. The molecule has 2 rings (SSSR count). The minimum atomic E-state index is -0.885. The zero-order valence-electron chi connectivity index (χ0n) is 14.6. The van der Waals surface area contributed by atoms with Crippen LogP contribution in [0.4, 0.5) is 13.6 Å². The van der Waals surface area contributed by atoms with Gasteiger partial charge in [0.25, 0.3) is 5.91 Å². The molecule has 0 unspecified atom stereocenters. The first-order valence-electron chi connectivity index (χ1n) is 7.93. The number of piperazine rings is 1. The van der Waals surface area contributed by atoms with Crippen LogP contribution in [-0.2, 0) is 4.74 Å². The van der Waals surface area contributed by atoms with Crippen LogP contribution < -0.4 is 0 Å². The first-order valence-corrected chi connectivity index (χ1v) is 9.01. The molecule has 1 atom stereocenters. The number of hydrogen-bond acceptors (Lipinski definition) is 3. The topological polar surface area (TPSA) is 49.9 Å². The van der Waals surface area contributed by atoms with Crippen LogP contribution in [-0.4, -0.2) is 53.1 Å². The van der Waals surface area contributed by atoms with Crippen molar-refractivity contribution in [1.29, 1.82) is 0 Å². The lowest BCUT2D eigenvalue weighted by Gasteiger charge is -2.40. The van der Waals surface area contributed by atoms with Crippen LogP contribution in [0.5, 0.6) is 0 Å². The Morgan fingerprint density at radius 2 is 1.84 bits per heavy atom. The summed E-state index contributed by atoms with van der Waals surface area (Å²) in [6.07, 6.45) is -0.436. The molecule has 2 amide bonds. The van der Waals surface area contributed by atoms with E-state index in [2.05, 4.69) is 0 Å². The van der Waals surface area contributed by atoms with Crippen molar-refractivity contribution in [2.24, 2.45) is 0 Å². The van der Waals surface area contributed by atoms with E-state index in [0.29, 0.717) is 13.1 Å². The van der Waals surface area contributed by atoms with E-state index in [0.717, 1.165) is 6.07 Å². The molecular formula is C17H21F2IN2O3. The molecule has 138 valence electrons. The molecule has 8 heteroatoms. The summed E-state index contributed by atoms with van der Waals surface area (Å²) in [5.41, 5.74) is -0.760. The fourth-order valence-electron chi connectivity index (χ4n) is 2.59. The Morgan fingerprint density at radius 1 is 1.20 bits per heavy atom. The Bertz CT molecular complexity index is 691. The first kappa shape index (κ1) is 19.9. The molecule has 1 aliphatic heterocycles. The van der Waals surface area contributed by atoms with Crippen molar-refractivity contribution in [3.8, 4) is 0 Å². The third-order valence-corrected chi connectivity index (χ3v) is 4.61. The molecule has 0 radical (unpaired) electrons. The zero-order valence-corrected chi connectivity index (χ0v) is 16.8. The third kappa shape index (κ3) is 4.80. The maximum atomic E-state index is 14.0. The van der Waals surface area contributed by atoms with Gasteiger partial charge in [0.1, 0.15) is 17.2 Å². The molecule has 1 saturated heterocycles. The first-order chi connectivity index (χ1) is 11.5. The summed E-state index contributed by atoms with van der Waals surface area (Å²) in [6, 6.07) is 1.62. The summed E-state index contributed by atoms with van der Waals surface area (Å²) in [5.74, 6) is -2.09. The molecule has 1 aromatic carbocycles. The zero-order chi connectivity index (χ0) is 18.9. The third-order valence-electron chi connectivity index (χ3n) is 3.78. The number of benzene rings is 1. The molecule has 0 N–H and O–H groups in total. The van der Waals surface area contributed by atoms with Gasteiger partial charge in [0.15, 0.2) is 0 Å². The van der Waals surface area contributed by atoms with Gasteiger partial charge in [0.05, 0.1) is 5.56 Å². The van der Waals surface area contributed by atoms with E-state index in [4.69, 9.17) is 4.74 Å². The minimum absolute atomic E-state index is 0.164. The lowest BCUT2D eigenvalue weighted by atomic mass is 10.1. The van der Waals surface area contributed by atoms with Gasteiger partial charge in [-0.3, -0.25) is 4.79 Å². The van der Waals surface area contributed by atoms with Gasteiger partial charge < -0.3 is 14.5 Å². The molecule has 0 bridgehead atoms. The highest BCUT2D eigenvalue weighted by Gasteiger charge is 2.33. The highest BCUT2D eigenvalue weighted by molar-refractivity contribution is 14.1. The van der Waals surface area contributed by atoms with Crippen LogP contribution in [0.15, 0.2) is 12.1 Å². The maximum absolute atomic E-state index is 14.0. The normalized spacial score (nSPS) is 18.3. The van der Waals surface area contributed by atoms with E-state index in [1.165, 1.54) is 15.9 Å². The molecule has 0 saturated carbocycles. The minimum Gasteiger partial charge on any atom is -0.444 e. The SMILES string of the molecule is C[C@H]1CN(C(=O)OC(C)(C)C)CCN1C(=O)c1cc(I)c(F)cc1F. The Balaban J connectivity index is 2.10. The van der Waals surface area contributed by atoms with Crippen LogP contribution in [0.2, 0.25) is 0 Å². The summed E-state index contributed by atoms with van der Waals surface area (Å²) in [6.45, 7) is 7.98. The maximum Gasteiger partial charge on any atom is 0.410 e. The molecule has 1 aromatic rings. The van der Waals surface area contributed by atoms with E-state index in [9.17, 15) is 18.4 Å². The number of carbonyl (C=O) groups is 2. The van der Waals surface area contributed by atoms with Crippen LogP contribution in [0.1, 0.15) is 38.1 Å². The van der Waals surface area contributed by atoms with Crippen molar-refractivity contribution >= 4 is 34.6 Å². The number of rotatable bonds is 1. The summed E-state index contributed by atoms with van der Waals surface area (Å²) in [7, 11) is 0. The fourth-order valence-corrected chi connectivity index (χ4v) is 3.06. The predicted octanol–water partition coefficient (Wildman–Crippen LogP) is 3.65. The standard InChI is InChI=1S/C17H21F2IN2O3/c1-10-9-21(16(24)25-17(2,3)4)5-6-22(10)15(23)11-7-14(20)13(19)8-12(11)18/h7-8,10H,5-6,9H2,1-4H3/t10-/m0/s1. The lowest BCUT2D eigenvalue weighted by Crippen LogP contribution is -2.56. The van der Waals surface area contributed by atoms with Gasteiger partial charge in [0.2, 0.25) is 0 Å². The van der Waals surface area contributed by atoms with Gasteiger partial charge >= 0.3 is 6.09 Å². The largest absolute Gasteiger partial charge is 0.444 e. The summed E-state index contributed by atoms with van der Waals surface area (Å²) < 4.78 is 32.9. The van der Waals surface area contributed by atoms with Gasteiger partial charge in [0, 0.05) is 35.3 Å². The van der Waals surface area contributed by atoms with Crippen molar-refractivity contribution in [2.75, 3.05) is 19.6 Å². The molecule has 0 aromatic heterocycles. The van der Waals surface area contributed by atoms with Crippen LogP contribution in [0.3, 0.4) is 0 Å². The molecule has 5 nitrogen and oxygen atoms in total. The van der Waals surface area contributed by atoms with Crippen LogP contribution in [0.25, 0.3) is 0 Å². The van der Waals surface area contributed by atoms with Crippen LogP contribution >= 0.6 is 22.6 Å². The summed E-state index contributed by atoms with van der Waals surface area (Å²) >= 11 is 1.72. The van der Waals surface area contributed by atoms with Gasteiger partial charge in [-0.25, -0.2) is 13.6 Å². The highest BCUT2D eigenvalue weighted by Crippen LogP contribution is 2.21. The molecule has 0 aliphatic carbocycles. The van der Waals surface area contributed by atoms with E-state index in [1.807, 2.05) is 0 Å². The summed E-state index contributed by atoms with van der Waals surface area (Å²) in [4.78, 5) is 27.8. The second-order valence-electron chi connectivity index (χ2n) is 7.02. The Labute approximate surface area is 159 Å². The average molecular weight is 466 g/mol. The number of carbonyl (C=O) groups excluding carboxylic acids is 2. The van der Waals surface area contributed by atoms with Crippen molar-refractivity contribution < 1.29 is 23.1 Å². The molecule has 25 heavy (non-hydrogen) atoms. The molecule has 1 fully saturated rings. The van der Waals surface area contributed by atoms with E-state index < -0.39 is 29.2 Å². The van der Waals surface area contributed by atoms with Crippen molar-refractivity contribution in [3.05, 3.63) is 32.9 Å². The number of ether oxygens (including phenoxy) is 1.